The van der Waals surface area contributed by atoms with Crippen LogP contribution in [0, 0.1) is 5.82 Å². The maximum Gasteiger partial charge on any atom is 0.239 e. The molecule has 0 aliphatic carbocycles. The number of rotatable bonds is 5. The standard InChI is InChI=1S/C11H14ClFN2O2/c1-17-6-10(14)11(16)15-5-7-2-3-9(13)8(12)4-7/h2-4,10H,5-6,14H2,1H3,(H,15,16). The van der Waals surface area contributed by atoms with Crippen molar-refractivity contribution in [2.45, 2.75) is 12.6 Å². The van der Waals surface area contributed by atoms with Gasteiger partial charge in [0.2, 0.25) is 5.91 Å². The summed E-state index contributed by atoms with van der Waals surface area (Å²) >= 11 is 5.61. The van der Waals surface area contributed by atoms with E-state index in [1.165, 1.54) is 19.2 Å². The number of ether oxygens (including phenoxy) is 1. The van der Waals surface area contributed by atoms with Crippen LogP contribution in [-0.2, 0) is 16.1 Å². The number of nitrogens with two attached hydrogens (primary N) is 1. The van der Waals surface area contributed by atoms with Crippen molar-refractivity contribution in [3.8, 4) is 0 Å². The van der Waals surface area contributed by atoms with Crippen molar-refractivity contribution in [2.75, 3.05) is 13.7 Å². The number of hydrogen-bond acceptors (Lipinski definition) is 3. The summed E-state index contributed by atoms with van der Waals surface area (Å²) in [4.78, 5) is 11.4. The molecular weight excluding hydrogens is 247 g/mol. The molecule has 1 rings (SSSR count). The minimum absolute atomic E-state index is 0.0259. The van der Waals surface area contributed by atoms with Gasteiger partial charge in [-0.3, -0.25) is 4.79 Å². The first-order valence-electron chi connectivity index (χ1n) is 5.00. The summed E-state index contributed by atoms with van der Waals surface area (Å²) in [6, 6.07) is 3.54. The Morgan fingerprint density at radius 1 is 1.65 bits per heavy atom. The molecule has 1 amide bonds. The SMILES string of the molecule is COCC(N)C(=O)NCc1ccc(F)c(Cl)c1. The van der Waals surface area contributed by atoms with Crippen LogP contribution in [-0.4, -0.2) is 25.7 Å². The van der Waals surface area contributed by atoms with Crippen molar-refractivity contribution >= 4 is 17.5 Å². The molecule has 1 aromatic carbocycles. The number of carbonyl (C=O) groups is 1. The first-order chi connectivity index (χ1) is 8.04. The van der Waals surface area contributed by atoms with Gasteiger partial charge in [0.15, 0.2) is 0 Å². The Morgan fingerprint density at radius 2 is 2.35 bits per heavy atom. The topological polar surface area (TPSA) is 64.3 Å². The maximum atomic E-state index is 12.9. The molecule has 0 fully saturated rings. The molecular formula is C11H14ClFN2O2. The molecule has 1 atom stereocenters. The summed E-state index contributed by atoms with van der Waals surface area (Å²) in [5.41, 5.74) is 6.23. The van der Waals surface area contributed by atoms with Gasteiger partial charge in [-0.1, -0.05) is 17.7 Å². The second-order valence-electron chi connectivity index (χ2n) is 3.53. The zero-order valence-corrected chi connectivity index (χ0v) is 10.1. The Hall–Kier alpha value is -1.17. The lowest BCUT2D eigenvalue weighted by Gasteiger charge is -2.11. The lowest BCUT2D eigenvalue weighted by molar-refractivity contribution is -0.123. The molecule has 1 unspecified atom stereocenters. The Balaban J connectivity index is 2.50. The Kier molecular flexibility index (Phi) is 5.34. The number of nitrogens with one attached hydrogen (secondary N) is 1. The number of amides is 1. The quantitative estimate of drug-likeness (QED) is 0.832. The molecule has 17 heavy (non-hydrogen) atoms. The van der Waals surface area contributed by atoms with Crippen molar-refractivity contribution < 1.29 is 13.9 Å². The number of methoxy groups -OCH3 is 1. The molecule has 6 heteroatoms. The van der Waals surface area contributed by atoms with E-state index in [4.69, 9.17) is 22.1 Å². The van der Waals surface area contributed by atoms with Crippen LogP contribution < -0.4 is 11.1 Å². The largest absolute Gasteiger partial charge is 0.383 e. The molecule has 0 saturated carbocycles. The van der Waals surface area contributed by atoms with Gasteiger partial charge in [-0.25, -0.2) is 4.39 Å². The average Bonchev–Trinajstić information content (AvgIpc) is 2.30. The molecule has 0 saturated heterocycles. The van der Waals surface area contributed by atoms with E-state index in [0.29, 0.717) is 5.56 Å². The predicted octanol–water partition coefficient (Wildman–Crippen LogP) is 1.07. The number of benzene rings is 1. The normalized spacial score (nSPS) is 12.2. The first kappa shape index (κ1) is 13.9. The van der Waals surface area contributed by atoms with Gasteiger partial charge in [0, 0.05) is 13.7 Å². The highest BCUT2D eigenvalue weighted by atomic mass is 35.5. The monoisotopic (exact) mass is 260 g/mol. The van der Waals surface area contributed by atoms with Crippen LogP contribution in [0.4, 0.5) is 4.39 Å². The molecule has 0 aliphatic rings. The van der Waals surface area contributed by atoms with Crippen molar-refractivity contribution in [3.05, 3.63) is 34.6 Å². The summed E-state index contributed by atoms with van der Waals surface area (Å²) in [5, 5.41) is 2.63. The van der Waals surface area contributed by atoms with E-state index in [1.54, 1.807) is 6.07 Å². The number of halogens is 2. The van der Waals surface area contributed by atoms with Crippen LogP contribution in [0.3, 0.4) is 0 Å². The minimum atomic E-state index is -0.712. The second kappa shape index (κ2) is 6.54. The lowest BCUT2D eigenvalue weighted by atomic mass is 10.2. The van der Waals surface area contributed by atoms with Gasteiger partial charge in [0.1, 0.15) is 11.9 Å². The maximum absolute atomic E-state index is 12.9. The minimum Gasteiger partial charge on any atom is -0.383 e. The highest BCUT2D eigenvalue weighted by Gasteiger charge is 2.12. The molecule has 3 N–H and O–H groups in total. The summed E-state index contributed by atoms with van der Waals surface area (Å²) in [6.45, 7) is 0.395. The van der Waals surface area contributed by atoms with Gasteiger partial charge >= 0.3 is 0 Å². The van der Waals surface area contributed by atoms with E-state index >= 15 is 0 Å². The van der Waals surface area contributed by atoms with E-state index in [9.17, 15) is 9.18 Å². The van der Waals surface area contributed by atoms with Crippen molar-refractivity contribution in [2.24, 2.45) is 5.73 Å². The molecule has 1 aromatic rings. The molecule has 0 bridgehead atoms. The van der Waals surface area contributed by atoms with Gasteiger partial charge in [-0.05, 0) is 17.7 Å². The van der Waals surface area contributed by atoms with Crippen LogP contribution >= 0.6 is 11.6 Å². The molecule has 0 spiro atoms. The fourth-order valence-electron chi connectivity index (χ4n) is 1.23. The predicted molar refractivity (Wildman–Crippen MR) is 63.1 cm³/mol. The molecule has 94 valence electrons. The zero-order chi connectivity index (χ0) is 12.8. The van der Waals surface area contributed by atoms with Gasteiger partial charge in [-0.15, -0.1) is 0 Å². The van der Waals surface area contributed by atoms with Crippen molar-refractivity contribution in [3.63, 3.8) is 0 Å². The Bertz CT molecular complexity index is 401. The van der Waals surface area contributed by atoms with Crippen LogP contribution in [0.1, 0.15) is 5.56 Å². The van der Waals surface area contributed by atoms with E-state index in [-0.39, 0.29) is 24.1 Å². The van der Waals surface area contributed by atoms with Gasteiger partial charge in [-0.2, -0.15) is 0 Å². The van der Waals surface area contributed by atoms with E-state index < -0.39 is 11.9 Å². The summed E-state index contributed by atoms with van der Waals surface area (Å²) in [7, 11) is 1.47. The molecule has 4 nitrogen and oxygen atoms in total. The van der Waals surface area contributed by atoms with E-state index in [2.05, 4.69) is 5.32 Å². The number of hydrogen-bond donors (Lipinski definition) is 2. The van der Waals surface area contributed by atoms with Gasteiger partial charge < -0.3 is 15.8 Å². The van der Waals surface area contributed by atoms with Gasteiger partial charge in [0.05, 0.1) is 11.6 Å². The van der Waals surface area contributed by atoms with Gasteiger partial charge in [0.25, 0.3) is 0 Å². The first-order valence-corrected chi connectivity index (χ1v) is 5.38. The van der Waals surface area contributed by atoms with Crippen LogP contribution in [0.2, 0.25) is 5.02 Å². The summed E-state index contributed by atoms with van der Waals surface area (Å²) in [5.74, 6) is -0.815. The fourth-order valence-corrected chi connectivity index (χ4v) is 1.43. The molecule has 0 aromatic heterocycles. The zero-order valence-electron chi connectivity index (χ0n) is 9.37. The average molecular weight is 261 g/mol. The van der Waals surface area contributed by atoms with Crippen molar-refractivity contribution in [1.29, 1.82) is 0 Å². The fraction of sp³-hybridized carbons (Fsp3) is 0.364. The highest BCUT2D eigenvalue weighted by Crippen LogP contribution is 2.15. The van der Waals surface area contributed by atoms with Crippen molar-refractivity contribution in [1.82, 2.24) is 5.32 Å². The third-order valence-electron chi connectivity index (χ3n) is 2.13. The van der Waals surface area contributed by atoms with Crippen LogP contribution in [0.25, 0.3) is 0 Å². The smallest absolute Gasteiger partial charge is 0.239 e. The highest BCUT2D eigenvalue weighted by molar-refractivity contribution is 6.30. The Morgan fingerprint density at radius 3 is 2.94 bits per heavy atom. The lowest BCUT2D eigenvalue weighted by Crippen LogP contribution is -2.43. The Labute approximate surface area is 104 Å². The molecule has 0 radical (unpaired) electrons. The van der Waals surface area contributed by atoms with E-state index in [0.717, 1.165) is 0 Å². The second-order valence-corrected chi connectivity index (χ2v) is 3.94. The number of carbonyl (C=O) groups excluding carboxylic acids is 1. The van der Waals surface area contributed by atoms with Crippen LogP contribution in [0.15, 0.2) is 18.2 Å². The third-order valence-corrected chi connectivity index (χ3v) is 2.42. The molecule has 0 heterocycles. The summed E-state index contributed by atoms with van der Waals surface area (Å²) in [6.07, 6.45) is 0. The summed E-state index contributed by atoms with van der Waals surface area (Å²) < 4.78 is 17.6. The third kappa shape index (κ3) is 4.30. The van der Waals surface area contributed by atoms with E-state index in [1.807, 2.05) is 0 Å². The molecule has 0 aliphatic heterocycles. The van der Waals surface area contributed by atoms with Crippen LogP contribution in [0.5, 0.6) is 0 Å².